The van der Waals surface area contributed by atoms with Gasteiger partial charge in [-0.2, -0.15) is 0 Å². The molecule has 5 heteroatoms. The van der Waals surface area contributed by atoms with E-state index in [1.165, 1.54) is 12.8 Å². The Morgan fingerprint density at radius 3 is 3.10 bits per heavy atom. The lowest BCUT2D eigenvalue weighted by molar-refractivity contribution is 0.188. The van der Waals surface area contributed by atoms with E-state index >= 15 is 0 Å². The van der Waals surface area contributed by atoms with Crippen molar-refractivity contribution in [3.05, 3.63) is 41.8 Å². The fraction of sp³-hybridized carbons (Fsp3) is 0.438. The molecule has 0 spiro atoms. The highest BCUT2D eigenvalue weighted by Crippen LogP contribution is 2.21. The van der Waals surface area contributed by atoms with Crippen LogP contribution in [0.4, 0.5) is 4.39 Å². The molecule has 1 saturated heterocycles. The van der Waals surface area contributed by atoms with Gasteiger partial charge >= 0.3 is 0 Å². The summed E-state index contributed by atoms with van der Waals surface area (Å²) in [4.78, 5) is 6.80. The Labute approximate surface area is 131 Å². The van der Waals surface area contributed by atoms with E-state index in [4.69, 9.17) is 0 Å². The minimum absolute atomic E-state index is 0. The number of likely N-dealkylation sites (tertiary alicyclic amines) is 1. The molecule has 1 aromatic heterocycles. The third-order valence-corrected chi connectivity index (χ3v) is 4.06. The van der Waals surface area contributed by atoms with Crippen LogP contribution >= 0.6 is 12.4 Å². The van der Waals surface area contributed by atoms with Crippen molar-refractivity contribution in [2.75, 3.05) is 20.1 Å². The molecule has 3 nitrogen and oxygen atoms in total. The predicted molar refractivity (Wildman–Crippen MR) is 86.3 cm³/mol. The quantitative estimate of drug-likeness (QED) is 0.945. The van der Waals surface area contributed by atoms with Crippen LogP contribution in [-0.4, -0.2) is 36.1 Å². The number of likely N-dealkylation sites (N-methyl/N-ethyl adjacent to an activating group) is 1. The van der Waals surface area contributed by atoms with Gasteiger partial charge in [0.1, 0.15) is 5.82 Å². The molecule has 3 rings (SSSR count). The number of pyridine rings is 1. The number of aromatic nitrogens is 1. The first-order valence-corrected chi connectivity index (χ1v) is 7.19. The molecular weight excluding hydrogens is 289 g/mol. The number of halogens is 2. The maximum Gasteiger partial charge on any atom is 0.124 e. The van der Waals surface area contributed by atoms with E-state index in [9.17, 15) is 4.39 Å². The van der Waals surface area contributed by atoms with Gasteiger partial charge in [-0.1, -0.05) is 6.07 Å². The van der Waals surface area contributed by atoms with Gasteiger partial charge in [-0.15, -0.1) is 12.4 Å². The lowest BCUT2D eigenvalue weighted by Gasteiger charge is -2.32. The molecule has 0 aliphatic carbocycles. The summed E-state index contributed by atoms with van der Waals surface area (Å²) >= 11 is 0. The largest absolute Gasteiger partial charge is 0.316 e. The van der Waals surface area contributed by atoms with Crippen molar-refractivity contribution in [1.82, 2.24) is 15.2 Å². The number of benzene rings is 1. The average molecular weight is 310 g/mol. The van der Waals surface area contributed by atoms with Crippen molar-refractivity contribution >= 4 is 23.3 Å². The summed E-state index contributed by atoms with van der Waals surface area (Å²) in [6.07, 6.45) is 4.18. The number of hydrogen-bond donors (Lipinski definition) is 1. The summed E-state index contributed by atoms with van der Waals surface area (Å²) in [7, 11) is 2.01. The second-order valence-corrected chi connectivity index (χ2v) is 5.50. The molecule has 114 valence electrons. The monoisotopic (exact) mass is 309 g/mol. The van der Waals surface area contributed by atoms with Crippen LogP contribution in [0.25, 0.3) is 10.9 Å². The van der Waals surface area contributed by atoms with Crippen molar-refractivity contribution < 1.29 is 4.39 Å². The van der Waals surface area contributed by atoms with Crippen molar-refractivity contribution in [3.63, 3.8) is 0 Å². The molecule has 2 heterocycles. The number of rotatable bonds is 3. The molecule has 1 fully saturated rings. The van der Waals surface area contributed by atoms with Crippen molar-refractivity contribution in [3.8, 4) is 0 Å². The molecule has 1 unspecified atom stereocenters. The van der Waals surface area contributed by atoms with Gasteiger partial charge in [0.2, 0.25) is 0 Å². The van der Waals surface area contributed by atoms with Gasteiger partial charge in [-0.05, 0) is 50.2 Å². The van der Waals surface area contributed by atoms with Gasteiger partial charge in [0.15, 0.2) is 0 Å². The van der Waals surface area contributed by atoms with E-state index < -0.39 is 0 Å². The number of nitrogens with zero attached hydrogens (tertiary/aromatic N) is 2. The molecule has 21 heavy (non-hydrogen) atoms. The summed E-state index contributed by atoms with van der Waals surface area (Å²) in [5.74, 6) is -0.178. The first-order valence-electron chi connectivity index (χ1n) is 7.19. The van der Waals surface area contributed by atoms with Crippen LogP contribution in [0.15, 0.2) is 30.5 Å². The van der Waals surface area contributed by atoms with E-state index in [0.29, 0.717) is 6.04 Å². The maximum atomic E-state index is 13.7. The van der Waals surface area contributed by atoms with Crippen molar-refractivity contribution in [1.29, 1.82) is 0 Å². The van der Waals surface area contributed by atoms with Gasteiger partial charge < -0.3 is 5.32 Å². The Morgan fingerprint density at radius 2 is 2.29 bits per heavy atom. The maximum absolute atomic E-state index is 13.7. The second kappa shape index (κ2) is 7.16. The molecule has 2 aromatic rings. The SMILES string of the molecule is CNC1CCCN(Cc2cc(F)cc3cccnc23)C1.Cl. The van der Waals surface area contributed by atoms with Gasteiger partial charge in [-0.3, -0.25) is 9.88 Å². The molecule has 0 amide bonds. The lowest BCUT2D eigenvalue weighted by atomic mass is 10.0. The Balaban J connectivity index is 0.00000161. The summed E-state index contributed by atoms with van der Waals surface area (Å²) in [6, 6.07) is 7.48. The van der Waals surface area contributed by atoms with Crippen LogP contribution in [0.5, 0.6) is 0 Å². The fourth-order valence-corrected chi connectivity index (χ4v) is 3.02. The normalized spacial score (nSPS) is 19.4. The van der Waals surface area contributed by atoms with Crippen LogP contribution in [0.1, 0.15) is 18.4 Å². The van der Waals surface area contributed by atoms with E-state index in [-0.39, 0.29) is 18.2 Å². The van der Waals surface area contributed by atoms with Gasteiger partial charge in [0.05, 0.1) is 5.52 Å². The minimum atomic E-state index is -0.178. The first-order chi connectivity index (χ1) is 9.76. The summed E-state index contributed by atoms with van der Waals surface area (Å²) < 4.78 is 13.7. The fourth-order valence-electron chi connectivity index (χ4n) is 3.02. The average Bonchev–Trinajstić information content (AvgIpc) is 2.47. The minimum Gasteiger partial charge on any atom is -0.316 e. The highest BCUT2D eigenvalue weighted by atomic mass is 35.5. The Morgan fingerprint density at radius 1 is 1.43 bits per heavy atom. The van der Waals surface area contributed by atoms with Crippen molar-refractivity contribution in [2.45, 2.75) is 25.4 Å². The highest BCUT2D eigenvalue weighted by Gasteiger charge is 2.19. The summed E-state index contributed by atoms with van der Waals surface area (Å²) in [5.41, 5.74) is 1.90. The van der Waals surface area contributed by atoms with E-state index in [1.807, 2.05) is 19.2 Å². The molecule has 1 aromatic carbocycles. The Hall–Kier alpha value is -1.23. The number of piperidine rings is 1. The zero-order valence-electron chi connectivity index (χ0n) is 12.2. The highest BCUT2D eigenvalue weighted by molar-refractivity contribution is 5.85. The van der Waals surface area contributed by atoms with Gasteiger partial charge in [0, 0.05) is 30.7 Å². The van der Waals surface area contributed by atoms with Crippen LogP contribution in [-0.2, 0) is 6.54 Å². The molecule has 1 aliphatic heterocycles. The number of fused-ring (bicyclic) bond motifs is 1. The molecule has 1 atom stereocenters. The third-order valence-electron chi connectivity index (χ3n) is 4.06. The van der Waals surface area contributed by atoms with Crippen LogP contribution in [0.3, 0.4) is 0 Å². The van der Waals surface area contributed by atoms with E-state index in [1.54, 1.807) is 18.3 Å². The number of nitrogens with one attached hydrogen (secondary N) is 1. The Kier molecular flexibility index (Phi) is 5.51. The van der Waals surface area contributed by atoms with Gasteiger partial charge in [0.25, 0.3) is 0 Å². The molecule has 0 saturated carbocycles. The third kappa shape index (κ3) is 3.70. The molecule has 1 N–H and O–H groups in total. The lowest BCUT2D eigenvalue weighted by Crippen LogP contribution is -2.43. The Bertz CT molecular complexity index is 605. The zero-order valence-corrected chi connectivity index (χ0v) is 13.0. The van der Waals surface area contributed by atoms with Gasteiger partial charge in [-0.25, -0.2) is 4.39 Å². The molecule has 1 aliphatic rings. The zero-order chi connectivity index (χ0) is 13.9. The van der Waals surface area contributed by atoms with E-state index in [2.05, 4.69) is 15.2 Å². The van der Waals surface area contributed by atoms with Crippen molar-refractivity contribution in [2.24, 2.45) is 0 Å². The topological polar surface area (TPSA) is 28.2 Å². The smallest absolute Gasteiger partial charge is 0.124 e. The first kappa shape index (κ1) is 16.1. The van der Waals surface area contributed by atoms with Crippen LogP contribution in [0.2, 0.25) is 0 Å². The van der Waals surface area contributed by atoms with Crippen LogP contribution in [0, 0.1) is 5.82 Å². The van der Waals surface area contributed by atoms with E-state index in [0.717, 1.165) is 36.1 Å². The van der Waals surface area contributed by atoms with Crippen LogP contribution < -0.4 is 5.32 Å². The molecular formula is C16H21ClFN3. The second-order valence-electron chi connectivity index (χ2n) is 5.50. The molecule has 0 radical (unpaired) electrons. The molecule has 0 bridgehead atoms. The standard InChI is InChI=1S/C16H20FN3.ClH/c1-18-15-5-3-7-20(11-15)10-13-9-14(17)8-12-4-2-6-19-16(12)13;/h2,4,6,8-9,15,18H,3,5,7,10-11H2,1H3;1H. The summed E-state index contributed by atoms with van der Waals surface area (Å²) in [6.45, 7) is 2.85. The predicted octanol–water partition coefficient (Wildman–Crippen LogP) is 2.98. The summed E-state index contributed by atoms with van der Waals surface area (Å²) in [5, 5.41) is 4.22. The number of hydrogen-bond acceptors (Lipinski definition) is 3.